The average molecular weight is 339 g/mol. The summed E-state index contributed by atoms with van der Waals surface area (Å²) < 4.78 is 1.15. The summed E-state index contributed by atoms with van der Waals surface area (Å²) in [4.78, 5) is 20.8. The number of thioether (sulfide) groups is 1. The van der Waals surface area contributed by atoms with E-state index in [0.717, 1.165) is 20.9 Å². The summed E-state index contributed by atoms with van der Waals surface area (Å²) in [6, 6.07) is 17.8. The second-order valence-electron chi connectivity index (χ2n) is 5.13. The number of amides is 1. The molecule has 1 aliphatic heterocycles. The molecule has 2 aromatic carbocycles. The molecule has 1 N–H and O–H groups in total. The Hall–Kier alpha value is -2.18. The highest BCUT2D eigenvalue weighted by molar-refractivity contribution is 8.15. The normalized spacial score (nSPS) is 17.5. The standard InChI is InChI=1S/C17H13N3OS2/c21-16-14(10-15-19-12-8-4-5-9-13(12)22-15)23-17(20-16)18-11-6-2-1-3-7-11/h1-9,14H,10H2,(H,18,20,21). The van der Waals surface area contributed by atoms with E-state index in [1.165, 1.54) is 11.8 Å². The number of anilines is 1. The van der Waals surface area contributed by atoms with E-state index in [0.29, 0.717) is 11.6 Å². The number of hydrogen-bond donors (Lipinski definition) is 1. The lowest BCUT2D eigenvalue weighted by Crippen LogP contribution is -2.14. The van der Waals surface area contributed by atoms with E-state index in [1.807, 2.05) is 48.5 Å². The highest BCUT2D eigenvalue weighted by Crippen LogP contribution is 2.29. The van der Waals surface area contributed by atoms with Crippen molar-refractivity contribution in [2.45, 2.75) is 11.7 Å². The monoisotopic (exact) mass is 339 g/mol. The predicted octanol–water partition coefficient (Wildman–Crippen LogP) is 3.95. The predicted molar refractivity (Wildman–Crippen MR) is 97.2 cm³/mol. The van der Waals surface area contributed by atoms with Gasteiger partial charge in [0.15, 0.2) is 5.17 Å². The fourth-order valence-corrected chi connectivity index (χ4v) is 4.48. The second-order valence-corrected chi connectivity index (χ2v) is 7.44. The van der Waals surface area contributed by atoms with Crippen molar-refractivity contribution >= 4 is 50.1 Å². The first-order chi connectivity index (χ1) is 11.3. The highest BCUT2D eigenvalue weighted by Gasteiger charge is 2.29. The summed E-state index contributed by atoms with van der Waals surface area (Å²) in [7, 11) is 0. The summed E-state index contributed by atoms with van der Waals surface area (Å²) in [6.45, 7) is 0. The SMILES string of the molecule is O=C1N=C(Nc2ccccc2)SC1Cc1nc2ccccc2s1. The Morgan fingerprint density at radius 1 is 1.04 bits per heavy atom. The number of rotatable bonds is 3. The maximum Gasteiger partial charge on any atom is 0.262 e. The van der Waals surface area contributed by atoms with Crippen molar-refractivity contribution in [3.63, 3.8) is 0 Å². The third-order valence-electron chi connectivity index (χ3n) is 3.46. The largest absolute Gasteiger partial charge is 0.335 e. The van der Waals surface area contributed by atoms with Crippen molar-refractivity contribution < 1.29 is 4.79 Å². The van der Waals surface area contributed by atoms with E-state index >= 15 is 0 Å². The fraction of sp³-hybridized carbons (Fsp3) is 0.118. The Balaban J connectivity index is 1.46. The zero-order chi connectivity index (χ0) is 15.6. The Kier molecular flexibility index (Phi) is 3.85. The molecule has 1 unspecified atom stereocenters. The smallest absolute Gasteiger partial charge is 0.262 e. The Morgan fingerprint density at radius 2 is 1.83 bits per heavy atom. The topological polar surface area (TPSA) is 54.4 Å². The first kappa shape index (κ1) is 14.4. The Morgan fingerprint density at radius 3 is 2.65 bits per heavy atom. The molecule has 1 amide bonds. The van der Waals surface area contributed by atoms with Gasteiger partial charge in [0.1, 0.15) is 0 Å². The van der Waals surface area contributed by atoms with Gasteiger partial charge in [0.2, 0.25) is 0 Å². The maximum absolute atomic E-state index is 12.1. The highest BCUT2D eigenvalue weighted by atomic mass is 32.2. The molecule has 6 heteroatoms. The first-order valence-electron chi connectivity index (χ1n) is 7.24. The molecular weight excluding hydrogens is 326 g/mol. The van der Waals surface area contributed by atoms with Gasteiger partial charge in [0, 0.05) is 12.1 Å². The average Bonchev–Trinajstić information content (AvgIpc) is 3.11. The molecule has 4 nitrogen and oxygen atoms in total. The van der Waals surface area contributed by atoms with Crippen LogP contribution in [-0.4, -0.2) is 21.3 Å². The minimum atomic E-state index is -0.193. The van der Waals surface area contributed by atoms with Crippen LogP contribution >= 0.6 is 23.1 Å². The van der Waals surface area contributed by atoms with Crippen molar-refractivity contribution in [2.24, 2.45) is 4.99 Å². The fourth-order valence-electron chi connectivity index (χ4n) is 2.38. The molecule has 114 valence electrons. The number of aromatic nitrogens is 1. The van der Waals surface area contributed by atoms with E-state index in [2.05, 4.69) is 21.4 Å². The van der Waals surface area contributed by atoms with E-state index in [1.54, 1.807) is 11.3 Å². The van der Waals surface area contributed by atoms with Crippen molar-refractivity contribution in [1.82, 2.24) is 4.98 Å². The van der Waals surface area contributed by atoms with Crippen molar-refractivity contribution in [3.8, 4) is 0 Å². The van der Waals surface area contributed by atoms with Gasteiger partial charge in [-0.1, -0.05) is 42.1 Å². The molecule has 1 atom stereocenters. The van der Waals surface area contributed by atoms with Gasteiger partial charge < -0.3 is 5.32 Å². The first-order valence-corrected chi connectivity index (χ1v) is 8.93. The van der Waals surface area contributed by atoms with Gasteiger partial charge in [0.25, 0.3) is 5.91 Å². The number of hydrogen-bond acceptors (Lipinski definition) is 5. The molecule has 0 aliphatic carbocycles. The lowest BCUT2D eigenvalue weighted by molar-refractivity contribution is -0.117. The van der Waals surface area contributed by atoms with Crippen LogP contribution in [0.2, 0.25) is 0 Å². The lowest BCUT2D eigenvalue weighted by Gasteiger charge is -2.06. The molecule has 0 saturated carbocycles. The van der Waals surface area contributed by atoms with Crippen LogP contribution in [0.15, 0.2) is 59.6 Å². The van der Waals surface area contributed by atoms with E-state index in [4.69, 9.17) is 0 Å². The number of thiazole rings is 1. The quantitative estimate of drug-likeness (QED) is 0.785. The maximum atomic E-state index is 12.1. The van der Waals surface area contributed by atoms with Gasteiger partial charge >= 0.3 is 0 Å². The molecule has 0 bridgehead atoms. The van der Waals surface area contributed by atoms with Gasteiger partial charge in [-0.3, -0.25) is 4.79 Å². The van der Waals surface area contributed by atoms with Crippen LogP contribution in [0, 0.1) is 0 Å². The van der Waals surface area contributed by atoms with Gasteiger partial charge in [-0.15, -0.1) is 11.3 Å². The molecule has 23 heavy (non-hydrogen) atoms. The number of carbonyl (C=O) groups excluding carboxylic acids is 1. The van der Waals surface area contributed by atoms with E-state index < -0.39 is 0 Å². The zero-order valence-corrected chi connectivity index (χ0v) is 13.7. The van der Waals surface area contributed by atoms with Crippen LogP contribution in [-0.2, 0) is 11.2 Å². The molecule has 0 spiro atoms. The molecule has 3 aromatic rings. The number of fused-ring (bicyclic) bond motifs is 1. The molecule has 2 heterocycles. The molecular formula is C17H13N3OS2. The molecule has 0 fully saturated rings. The van der Waals surface area contributed by atoms with Crippen LogP contribution in [0.1, 0.15) is 5.01 Å². The van der Waals surface area contributed by atoms with Gasteiger partial charge in [-0.2, -0.15) is 4.99 Å². The van der Waals surface area contributed by atoms with Crippen LogP contribution in [0.3, 0.4) is 0 Å². The van der Waals surface area contributed by atoms with E-state index in [-0.39, 0.29) is 11.2 Å². The number of nitrogens with one attached hydrogen (secondary N) is 1. The van der Waals surface area contributed by atoms with Crippen molar-refractivity contribution in [1.29, 1.82) is 0 Å². The van der Waals surface area contributed by atoms with Crippen LogP contribution < -0.4 is 5.32 Å². The van der Waals surface area contributed by atoms with Gasteiger partial charge in [-0.25, -0.2) is 4.98 Å². The van der Waals surface area contributed by atoms with Crippen LogP contribution in [0.4, 0.5) is 5.69 Å². The number of benzene rings is 2. The zero-order valence-electron chi connectivity index (χ0n) is 12.1. The molecule has 4 rings (SSSR count). The number of amidine groups is 1. The number of para-hydroxylation sites is 2. The molecule has 1 aliphatic rings. The summed E-state index contributed by atoms with van der Waals surface area (Å²) in [5.41, 5.74) is 1.93. The van der Waals surface area contributed by atoms with E-state index in [9.17, 15) is 4.79 Å². The molecule has 0 radical (unpaired) electrons. The number of nitrogens with zero attached hydrogens (tertiary/aromatic N) is 2. The van der Waals surface area contributed by atoms with Gasteiger partial charge in [-0.05, 0) is 24.3 Å². The van der Waals surface area contributed by atoms with Crippen LogP contribution in [0.5, 0.6) is 0 Å². The minimum Gasteiger partial charge on any atom is -0.335 e. The number of aliphatic imine (C=N–C) groups is 1. The van der Waals surface area contributed by atoms with Crippen molar-refractivity contribution in [3.05, 3.63) is 59.6 Å². The second kappa shape index (κ2) is 6.14. The third-order valence-corrected chi connectivity index (χ3v) is 5.59. The summed E-state index contributed by atoms with van der Waals surface area (Å²) in [6.07, 6.45) is 0.617. The molecule has 1 aromatic heterocycles. The van der Waals surface area contributed by atoms with Gasteiger partial charge in [0.05, 0.1) is 20.5 Å². The minimum absolute atomic E-state index is 0.0901. The Labute approximate surface area is 141 Å². The van der Waals surface area contributed by atoms with Crippen LogP contribution in [0.25, 0.3) is 10.2 Å². The summed E-state index contributed by atoms with van der Waals surface area (Å²) in [5, 5.41) is 4.64. The summed E-state index contributed by atoms with van der Waals surface area (Å²) >= 11 is 3.12. The third kappa shape index (κ3) is 3.13. The molecule has 0 saturated heterocycles. The lowest BCUT2D eigenvalue weighted by atomic mass is 10.3. The van der Waals surface area contributed by atoms with Crippen molar-refractivity contribution in [2.75, 3.05) is 5.32 Å². The number of carbonyl (C=O) groups is 1. The Bertz CT molecular complexity index is 856. The summed E-state index contributed by atoms with van der Waals surface area (Å²) in [5.74, 6) is -0.0901.